The average Bonchev–Trinajstić information content (AvgIpc) is 3.78. The van der Waals surface area contributed by atoms with E-state index in [0.717, 1.165) is 0 Å². The lowest BCUT2D eigenvalue weighted by atomic mass is 10.1. The molecule has 6 aromatic rings. The summed E-state index contributed by atoms with van der Waals surface area (Å²) in [7, 11) is 0. The highest BCUT2D eigenvalue weighted by molar-refractivity contribution is 6.09. The van der Waals surface area contributed by atoms with Crippen molar-refractivity contribution in [2.75, 3.05) is 21.3 Å². The summed E-state index contributed by atoms with van der Waals surface area (Å²) < 4.78 is 5.77. The van der Waals surface area contributed by atoms with Gasteiger partial charge in [-0.1, -0.05) is 0 Å². The minimum Gasteiger partial charge on any atom is -0.504 e. The number of nitrogens with one attached hydrogen (secondary N) is 6. The van der Waals surface area contributed by atoms with Crippen LogP contribution in [-0.2, 0) is 11.2 Å². The van der Waals surface area contributed by atoms with Gasteiger partial charge in [0.15, 0.2) is 11.5 Å². The van der Waals surface area contributed by atoms with Gasteiger partial charge in [0.2, 0.25) is 5.91 Å². The molecule has 0 spiro atoms. The normalized spacial score (nSPS) is 11.1. The lowest BCUT2D eigenvalue weighted by Gasteiger charge is -2.19. The second kappa shape index (κ2) is 19.2. The Labute approximate surface area is 352 Å². The fourth-order valence-corrected chi connectivity index (χ4v) is 5.71. The predicted octanol–water partition coefficient (Wildman–Crippen LogP) is 5.00. The molecule has 62 heavy (non-hydrogen) atoms. The molecule has 0 saturated heterocycles. The number of carbonyl (C=O) groups is 6. The fourth-order valence-electron chi connectivity index (χ4n) is 5.71. The fraction of sp³-hybridized carbons (Fsp3) is 0.116. The summed E-state index contributed by atoms with van der Waals surface area (Å²) in [6, 6.07) is 23.7. The van der Waals surface area contributed by atoms with E-state index in [0.29, 0.717) is 22.5 Å². The molecule has 0 aliphatic rings. The number of pyridine rings is 1. The minimum absolute atomic E-state index is 0.0230. The number of carboxylic acid groups (broad SMARTS) is 1. The monoisotopic (exact) mass is 836 g/mol. The van der Waals surface area contributed by atoms with Gasteiger partial charge in [-0.05, 0) is 111 Å². The summed E-state index contributed by atoms with van der Waals surface area (Å²) in [6.45, 7) is 3.36. The molecule has 19 heteroatoms. The number of hydrogen-bond donors (Lipinski definition) is 8. The average molecular weight is 837 g/mol. The van der Waals surface area contributed by atoms with Crippen LogP contribution < -0.4 is 31.3 Å². The largest absolute Gasteiger partial charge is 0.504 e. The SMILES string of the molecule is CC(C)Oc1c(NC(=O)c2ccc(NC(=O)[C@H](Cc3cn[nH]n3)NC(=O)c3ccc(NC(=O)c4ccc(C#N)cc4)cc3)cn2)ccc(C(=O)Nc2ccc(C(=O)O)cc2)c1O. The Balaban J connectivity index is 1.10. The number of amides is 5. The summed E-state index contributed by atoms with van der Waals surface area (Å²) in [5.41, 5.74) is 1.96. The van der Waals surface area contributed by atoms with Crippen molar-refractivity contribution in [3.63, 3.8) is 0 Å². The van der Waals surface area contributed by atoms with E-state index in [1.165, 1.54) is 109 Å². The van der Waals surface area contributed by atoms with Gasteiger partial charge in [0.25, 0.3) is 23.6 Å². The van der Waals surface area contributed by atoms with Crippen LogP contribution in [0.3, 0.4) is 0 Å². The number of benzene rings is 4. The summed E-state index contributed by atoms with van der Waals surface area (Å²) in [4.78, 5) is 81.2. The zero-order valence-corrected chi connectivity index (χ0v) is 32.8. The van der Waals surface area contributed by atoms with Crippen molar-refractivity contribution in [1.29, 1.82) is 5.26 Å². The van der Waals surface area contributed by atoms with Gasteiger partial charge < -0.3 is 41.5 Å². The van der Waals surface area contributed by atoms with Gasteiger partial charge in [-0.15, -0.1) is 0 Å². The van der Waals surface area contributed by atoms with Crippen molar-refractivity contribution in [3.05, 3.63) is 149 Å². The molecule has 1 atom stereocenters. The first-order chi connectivity index (χ1) is 29.8. The number of aromatic carboxylic acids is 1. The molecule has 0 fully saturated rings. The zero-order valence-electron chi connectivity index (χ0n) is 32.8. The van der Waals surface area contributed by atoms with Crippen molar-refractivity contribution < 1.29 is 43.7 Å². The van der Waals surface area contributed by atoms with E-state index in [2.05, 4.69) is 47.0 Å². The van der Waals surface area contributed by atoms with E-state index in [1.807, 2.05) is 6.07 Å². The molecule has 19 nitrogen and oxygen atoms in total. The van der Waals surface area contributed by atoms with Crippen LogP contribution in [0.5, 0.6) is 11.5 Å². The number of aromatic hydroxyl groups is 1. The molecular weight excluding hydrogens is 801 g/mol. The van der Waals surface area contributed by atoms with Crippen LogP contribution in [0.1, 0.15) is 77.0 Å². The topological polar surface area (TPSA) is 291 Å². The molecule has 0 unspecified atom stereocenters. The summed E-state index contributed by atoms with van der Waals surface area (Å²) in [6.07, 6.45) is 2.09. The third-order valence-corrected chi connectivity index (χ3v) is 8.81. The van der Waals surface area contributed by atoms with Crippen molar-refractivity contribution in [1.82, 2.24) is 25.7 Å². The van der Waals surface area contributed by atoms with Gasteiger partial charge in [0.1, 0.15) is 11.7 Å². The maximum atomic E-state index is 13.5. The lowest BCUT2D eigenvalue weighted by Crippen LogP contribution is -2.45. The van der Waals surface area contributed by atoms with Gasteiger partial charge >= 0.3 is 5.97 Å². The standard InChI is InChI=1S/C43H36N10O9/c1-23(2)62-37-33(18-16-32(36(37)54)40(57)48-29-13-9-27(10-14-29)43(60)61)50-41(58)34-17-15-30(21-45-34)49-42(59)35(19-31-22-46-53-52-31)51-39(56)26-7-11-28(12-8-26)47-38(55)25-5-3-24(20-44)4-6-25/h3-18,21-23,35,54H,19H2,1-2H3,(H,47,55)(H,48,57)(H,49,59)(H,50,58)(H,51,56)(H,60,61)(H,46,52,53)/t35-/m0/s1. The summed E-state index contributed by atoms with van der Waals surface area (Å²) >= 11 is 0. The van der Waals surface area contributed by atoms with Gasteiger partial charge in [-0.2, -0.15) is 20.7 Å². The highest BCUT2D eigenvalue weighted by Crippen LogP contribution is 2.39. The van der Waals surface area contributed by atoms with Gasteiger partial charge in [0, 0.05) is 28.9 Å². The number of carbonyl (C=O) groups excluding carboxylic acids is 5. The molecule has 2 aromatic heterocycles. The Morgan fingerprint density at radius 1 is 0.710 bits per heavy atom. The number of aromatic nitrogens is 4. The Morgan fingerprint density at radius 2 is 1.32 bits per heavy atom. The number of phenolic OH excluding ortho intramolecular Hbond substituents is 1. The van der Waals surface area contributed by atoms with Crippen LogP contribution in [0, 0.1) is 11.3 Å². The van der Waals surface area contributed by atoms with Crippen molar-refractivity contribution in [2.45, 2.75) is 32.4 Å². The Hall–Kier alpha value is -8.92. The molecule has 0 aliphatic heterocycles. The quantitative estimate of drug-likeness (QED) is 0.0677. The number of nitriles is 1. The third kappa shape index (κ3) is 10.8. The molecular formula is C43H36N10O9. The molecule has 0 radical (unpaired) electrons. The van der Waals surface area contributed by atoms with Crippen molar-refractivity contribution >= 4 is 58.3 Å². The zero-order chi connectivity index (χ0) is 44.3. The van der Waals surface area contributed by atoms with E-state index >= 15 is 0 Å². The number of H-pyrrole nitrogens is 1. The summed E-state index contributed by atoms with van der Waals surface area (Å²) in [5, 5.41) is 52.7. The number of carboxylic acids is 1. The predicted molar refractivity (Wildman–Crippen MR) is 223 cm³/mol. The number of rotatable bonds is 15. The summed E-state index contributed by atoms with van der Waals surface area (Å²) in [5.74, 6) is -4.97. The van der Waals surface area contributed by atoms with E-state index in [9.17, 15) is 33.9 Å². The highest BCUT2D eigenvalue weighted by atomic mass is 16.5. The molecule has 8 N–H and O–H groups in total. The molecule has 0 aliphatic carbocycles. The Kier molecular flexibility index (Phi) is 13.2. The number of aromatic amines is 1. The smallest absolute Gasteiger partial charge is 0.335 e. The minimum atomic E-state index is -1.15. The Morgan fingerprint density at radius 3 is 1.90 bits per heavy atom. The molecule has 0 bridgehead atoms. The first-order valence-electron chi connectivity index (χ1n) is 18.6. The van der Waals surface area contributed by atoms with E-state index < -0.39 is 53.4 Å². The number of hydrogen-bond acceptors (Lipinski definition) is 12. The van der Waals surface area contributed by atoms with Gasteiger partial charge in [-0.3, -0.25) is 24.0 Å². The van der Waals surface area contributed by atoms with Crippen LogP contribution in [0.4, 0.5) is 22.7 Å². The van der Waals surface area contributed by atoms with E-state index in [-0.39, 0.29) is 51.6 Å². The van der Waals surface area contributed by atoms with E-state index in [4.69, 9.17) is 15.1 Å². The number of ether oxygens (including phenoxy) is 1. The highest BCUT2D eigenvalue weighted by Gasteiger charge is 2.25. The van der Waals surface area contributed by atoms with Gasteiger partial charge in [0.05, 0.1) is 58.3 Å². The van der Waals surface area contributed by atoms with Crippen LogP contribution >= 0.6 is 0 Å². The van der Waals surface area contributed by atoms with Gasteiger partial charge in [-0.25, -0.2) is 9.78 Å². The van der Waals surface area contributed by atoms with Crippen LogP contribution in [0.15, 0.2) is 109 Å². The Bertz CT molecular complexity index is 2660. The second-order valence-corrected chi connectivity index (χ2v) is 13.6. The van der Waals surface area contributed by atoms with Crippen LogP contribution in [0.25, 0.3) is 0 Å². The molecule has 4 aromatic carbocycles. The van der Waals surface area contributed by atoms with Crippen LogP contribution in [0.2, 0.25) is 0 Å². The van der Waals surface area contributed by atoms with Crippen molar-refractivity contribution in [2.24, 2.45) is 0 Å². The second-order valence-electron chi connectivity index (χ2n) is 13.6. The molecule has 6 rings (SSSR count). The lowest BCUT2D eigenvalue weighted by molar-refractivity contribution is -0.118. The maximum absolute atomic E-state index is 13.5. The first-order valence-corrected chi connectivity index (χ1v) is 18.6. The molecule has 5 amide bonds. The maximum Gasteiger partial charge on any atom is 0.335 e. The first kappa shape index (κ1) is 42.7. The van der Waals surface area contributed by atoms with Crippen LogP contribution in [-0.4, -0.2) is 78.3 Å². The van der Waals surface area contributed by atoms with E-state index in [1.54, 1.807) is 13.8 Å². The third-order valence-electron chi connectivity index (χ3n) is 8.81. The molecule has 2 heterocycles. The number of anilines is 4. The number of phenols is 1. The molecule has 312 valence electrons. The van der Waals surface area contributed by atoms with Crippen molar-refractivity contribution in [3.8, 4) is 17.6 Å². The number of nitrogens with zero attached hydrogens (tertiary/aromatic N) is 4. The molecule has 0 saturated carbocycles.